The molecule has 0 atom stereocenters. The third-order valence-corrected chi connectivity index (χ3v) is 3.47. The summed E-state index contributed by atoms with van der Waals surface area (Å²) in [4.78, 5) is 0. The highest BCUT2D eigenvalue weighted by atomic mass is 15.1. The lowest BCUT2D eigenvalue weighted by Gasteiger charge is -2.01. The van der Waals surface area contributed by atoms with Gasteiger partial charge in [0.25, 0.3) is 0 Å². The normalized spacial score (nSPS) is 12.1. The van der Waals surface area contributed by atoms with Crippen molar-refractivity contribution in [2.45, 2.75) is 0 Å². The topological polar surface area (TPSA) is 24.7 Å². The molecule has 0 radical (unpaired) electrons. The van der Waals surface area contributed by atoms with Crippen LogP contribution in [0.2, 0.25) is 0 Å². The summed E-state index contributed by atoms with van der Waals surface area (Å²) in [6.07, 6.45) is 5.70. The van der Waals surface area contributed by atoms with Gasteiger partial charge in [-0.3, -0.25) is 0 Å². The summed E-state index contributed by atoms with van der Waals surface area (Å²) in [6.45, 7) is 0. The molecular formula is C22H18N2. The Labute approximate surface area is 142 Å². The molecule has 0 aliphatic rings. The quantitative estimate of drug-likeness (QED) is 0.390. The molecule has 0 unspecified atom stereocenters. The van der Waals surface area contributed by atoms with Gasteiger partial charge in [-0.1, -0.05) is 91.0 Å². The highest BCUT2D eigenvalue weighted by molar-refractivity contribution is 5.80. The van der Waals surface area contributed by atoms with Gasteiger partial charge in [-0.2, -0.15) is 10.2 Å². The van der Waals surface area contributed by atoms with Crippen molar-refractivity contribution in [3.05, 3.63) is 114 Å². The fraction of sp³-hybridized carbons (Fsp3) is 0. The monoisotopic (exact) mass is 310 g/mol. The van der Waals surface area contributed by atoms with Gasteiger partial charge in [0.1, 0.15) is 0 Å². The van der Waals surface area contributed by atoms with Gasteiger partial charge in [0.2, 0.25) is 0 Å². The van der Waals surface area contributed by atoms with E-state index < -0.39 is 0 Å². The molecular weight excluding hydrogens is 292 g/mol. The molecule has 2 heteroatoms. The smallest absolute Gasteiger partial charge is 0.0935 e. The van der Waals surface area contributed by atoms with Crippen LogP contribution in [0.3, 0.4) is 0 Å². The highest BCUT2D eigenvalue weighted by Crippen LogP contribution is 2.20. The second-order valence-electron chi connectivity index (χ2n) is 5.25. The Morgan fingerprint density at radius 2 is 1.17 bits per heavy atom. The van der Waals surface area contributed by atoms with Crippen LogP contribution in [0.15, 0.2) is 107 Å². The molecule has 0 heterocycles. The van der Waals surface area contributed by atoms with Gasteiger partial charge >= 0.3 is 0 Å². The zero-order valence-corrected chi connectivity index (χ0v) is 13.3. The van der Waals surface area contributed by atoms with E-state index in [1.807, 2.05) is 91.0 Å². The van der Waals surface area contributed by atoms with E-state index in [9.17, 15) is 0 Å². The van der Waals surface area contributed by atoms with Crippen molar-refractivity contribution in [1.82, 2.24) is 0 Å². The minimum absolute atomic E-state index is 0.833. The molecule has 116 valence electrons. The van der Waals surface area contributed by atoms with Gasteiger partial charge in [-0.05, 0) is 23.3 Å². The predicted octanol–water partition coefficient (Wildman–Crippen LogP) is 6.31. The van der Waals surface area contributed by atoms with Crippen LogP contribution in [0.4, 0.5) is 0 Å². The van der Waals surface area contributed by atoms with E-state index in [0.717, 1.165) is 22.4 Å². The average molecular weight is 310 g/mol. The lowest BCUT2D eigenvalue weighted by Crippen LogP contribution is -1.80. The van der Waals surface area contributed by atoms with Crippen molar-refractivity contribution in [3.63, 3.8) is 0 Å². The minimum Gasteiger partial charge on any atom is -0.159 e. The summed E-state index contributed by atoms with van der Waals surface area (Å²) < 4.78 is 0. The van der Waals surface area contributed by atoms with E-state index >= 15 is 0 Å². The van der Waals surface area contributed by atoms with Crippen LogP contribution in [0.1, 0.15) is 16.7 Å². The second-order valence-corrected chi connectivity index (χ2v) is 5.25. The third-order valence-electron chi connectivity index (χ3n) is 3.47. The van der Waals surface area contributed by atoms with Crippen molar-refractivity contribution in [2.24, 2.45) is 10.2 Å². The maximum atomic E-state index is 4.40. The molecule has 3 aromatic rings. The first-order chi connectivity index (χ1) is 11.9. The Balaban J connectivity index is 1.84. The van der Waals surface area contributed by atoms with Crippen molar-refractivity contribution in [3.8, 4) is 0 Å². The molecule has 2 nitrogen and oxygen atoms in total. The Morgan fingerprint density at radius 1 is 0.625 bits per heavy atom. The molecule has 0 amide bonds. The molecule has 0 aliphatic carbocycles. The highest BCUT2D eigenvalue weighted by Gasteiger charge is 1.99. The van der Waals surface area contributed by atoms with E-state index in [4.69, 9.17) is 0 Å². The Kier molecular flexibility index (Phi) is 5.47. The third kappa shape index (κ3) is 4.62. The minimum atomic E-state index is 0.833. The number of benzene rings is 3. The molecule has 0 aromatic heterocycles. The largest absolute Gasteiger partial charge is 0.159 e. The van der Waals surface area contributed by atoms with Crippen LogP contribution in [-0.2, 0) is 0 Å². The summed E-state index contributed by atoms with van der Waals surface area (Å²) in [6, 6.07) is 30.3. The predicted molar refractivity (Wildman–Crippen MR) is 101 cm³/mol. The molecule has 0 fully saturated rings. The van der Waals surface area contributed by atoms with Gasteiger partial charge in [0, 0.05) is 5.56 Å². The van der Waals surface area contributed by atoms with E-state index in [1.54, 1.807) is 6.20 Å². The summed E-state index contributed by atoms with van der Waals surface area (Å²) in [5, 5.41) is 8.62. The maximum absolute atomic E-state index is 4.40. The van der Waals surface area contributed by atoms with Crippen molar-refractivity contribution in [2.75, 3.05) is 0 Å². The van der Waals surface area contributed by atoms with Crippen LogP contribution in [0.5, 0.6) is 0 Å². The zero-order valence-electron chi connectivity index (χ0n) is 13.3. The fourth-order valence-electron chi connectivity index (χ4n) is 2.27. The fourth-order valence-corrected chi connectivity index (χ4v) is 2.27. The standard InChI is InChI=1S/C22H18N2/c1-4-10-19(11-5-1)16-17-23-24-22(21-14-8-3-9-15-21)18-20-12-6-2-7-13-20/h1-18H. The van der Waals surface area contributed by atoms with Crippen LogP contribution in [0, 0.1) is 0 Å². The first-order valence-electron chi connectivity index (χ1n) is 7.86. The lowest BCUT2D eigenvalue weighted by molar-refractivity contribution is 1.25. The Bertz CT molecular complexity index is 833. The summed E-state index contributed by atoms with van der Waals surface area (Å²) in [5.41, 5.74) is 4.07. The number of hydrogen-bond acceptors (Lipinski definition) is 2. The summed E-state index contributed by atoms with van der Waals surface area (Å²) in [7, 11) is 0. The van der Waals surface area contributed by atoms with E-state index in [0.29, 0.717) is 0 Å². The van der Waals surface area contributed by atoms with Crippen LogP contribution in [-0.4, -0.2) is 0 Å². The lowest BCUT2D eigenvalue weighted by atomic mass is 10.1. The summed E-state index contributed by atoms with van der Waals surface area (Å²) in [5.74, 6) is 0. The zero-order chi connectivity index (χ0) is 16.5. The second kappa shape index (κ2) is 8.39. The van der Waals surface area contributed by atoms with E-state index in [1.165, 1.54) is 0 Å². The van der Waals surface area contributed by atoms with E-state index in [2.05, 4.69) is 22.4 Å². The molecule has 3 aromatic carbocycles. The van der Waals surface area contributed by atoms with Crippen LogP contribution < -0.4 is 0 Å². The van der Waals surface area contributed by atoms with Crippen molar-refractivity contribution < 1.29 is 0 Å². The molecule has 24 heavy (non-hydrogen) atoms. The molecule has 0 spiro atoms. The molecule has 0 N–H and O–H groups in total. The first-order valence-corrected chi connectivity index (χ1v) is 7.86. The Hall–Kier alpha value is -3.26. The van der Waals surface area contributed by atoms with Crippen LogP contribution >= 0.6 is 0 Å². The van der Waals surface area contributed by atoms with Crippen LogP contribution in [0.25, 0.3) is 17.8 Å². The Morgan fingerprint density at radius 3 is 1.79 bits per heavy atom. The summed E-state index contributed by atoms with van der Waals surface area (Å²) >= 11 is 0. The van der Waals surface area contributed by atoms with Gasteiger partial charge in [-0.15, -0.1) is 0 Å². The molecule has 0 saturated heterocycles. The number of azo groups is 1. The molecule has 0 saturated carbocycles. The van der Waals surface area contributed by atoms with E-state index in [-0.39, 0.29) is 0 Å². The number of hydrogen-bond donors (Lipinski definition) is 0. The average Bonchev–Trinajstić information content (AvgIpc) is 2.66. The molecule has 0 aliphatic heterocycles. The number of rotatable bonds is 5. The number of nitrogens with zero attached hydrogens (tertiary/aromatic N) is 2. The van der Waals surface area contributed by atoms with Crippen molar-refractivity contribution >= 4 is 17.8 Å². The molecule has 0 bridgehead atoms. The maximum Gasteiger partial charge on any atom is 0.0935 e. The SMILES string of the molecule is C(=Cc1ccccc1)N=NC(=Cc1ccccc1)c1ccccc1. The van der Waals surface area contributed by atoms with Gasteiger partial charge in [0.05, 0.1) is 11.9 Å². The van der Waals surface area contributed by atoms with Gasteiger partial charge in [0.15, 0.2) is 0 Å². The van der Waals surface area contributed by atoms with Crippen molar-refractivity contribution in [1.29, 1.82) is 0 Å². The van der Waals surface area contributed by atoms with Gasteiger partial charge in [-0.25, -0.2) is 0 Å². The van der Waals surface area contributed by atoms with Gasteiger partial charge < -0.3 is 0 Å². The molecule has 3 rings (SSSR count). The first kappa shape index (κ1) is 15.6.